The van der Waals surface area contributed by atoms with E-state index in [0.29, 0.717) is 0 Å². The fraction of sp³-hybridized carbons (Fsp3) is 1.00. The lowest BCUT2D eigenvalue weighted by atomic mass is 9.98. The number of ether oxygens (including phenoxy) is 3. The van der Waals surface area contributed by atoms with Crippen LogP contribution in [0.1, 0.15) is 0 Å². The molecule has 15 heteroatoms. The monoisotopic (exact) mass is 421 g/mol. The van der Waals surface area contributed by atoms with Crippen molar-refractivity contribution in [2.75, 3.05) is 13.2 Å². The van der Waals surface area contributed by atoms with Gasteiger partial charge in [0, 0.05) is 0 Å². The molecule has 0 amide bonds. The minimum Gasteiger partial charge on any atom is -0.726 e. The third-order valence-corrected chi connectivity index (χ3v) is 4.63. The molecule has 0 unspecified atom stereocenters. The van der Waals surface area contributed by atoms with Crippen LogP contribution in [-0.2, 0) is 28.8 Å². The number of hydrogen-bond donors (Lipinski definition) is 7. The van der Waals surface area contributed by atoms with Crippen LogP contribution in [0.5, 0.6) is 0 Å². The van der Waals surface area contributed by atoms with E-state index in [-0.39, 0.29) is 0 Å². The zero-order valence-electron chi connectivity index (χ0n) is 13.6. The third-order valence-electron chi connectivity index (χ3n) is 4.17. The van der Waals surface area contributed by atoms with Crippen molar-refractivity contribution in [1.82, 2.24) is 0 Å². The van der Waals surface area contributed by atoms with E-state index in [1.54, 1.807) is 0 Å². The smallest absolute Gasteiger partial charge is 0.218 e. The summed E-state index contributed by atoms with van der Waals surface area (Å²) in [6.45, 7) is -1.63. The summed E-state index contributed by atoms with van der Waals surface area (Å²) in [7, 11) is -5.40. The summed E-state index contributed by atoms with van der Waals surface area (Å²) in [6, 6.07) is 0. The van der Waals surface area contributed by atoms with E-state index in [0.717, 1.165) is 0 Å². The molecule has 14 nitrogen and oxygen atoms in total. The van der Waals surface area contributed by atoms with Gasteiger partial charge >= 0.3 is 0 Å². The van der Waals surface area contributed by atoms with E-state index in [2.05, 4.69) is 4.18 Å². The molecule has 7 N–H and O–H groups in total. The Bertz CT molecular complexity index is 583. The van der Waals surface area contributed by atoms with E-state index in [1.807, 2.05) is 0 Å². The summed E-state index contributed by atoms with van der Waals surface area (Å²) >= 11 is 0. The van der Waals surface area contributed by atoms with E-state index >= 15 is 0 Å². The Hall–Kier alpha value is -0.530. The molecule has 0 radical (unpaired) electrons. The van der Waals surface area contributed by atoms with Crippen molar-refractivity contribution in [3.05, 3.63) is 0 Å². The van der Waals surface area contributed by atoms with Gasteiger partial charge in [0.05, 0.1) is 13.2 Å². The summed E-state index contributed by atoms with van der Waals surface area (Å²) in [6.07, 6.45) is -18.1. The van der Waals surface area contributed by atoms with Crippen LogP contribution in [0.15, 0.2) is 0 Å². The first-order valence-electron chi connectivity index (χ1n) is 7.72. The maximum atomic E-state index is 10.9. The van der Waals surface area contributed by atoms with Crippen molar-refractivity contribution in [3.8, 4) is 0 Å². The number of aliphatic hydroxyl groups is 7. The fourth-order valence-corrected chi connectivity index (χ4v) is 3.19. The molecule has 10 atom stereocenters. The predicted molar refractivity (Wildman–Crippen MR) is 77.2 cm³/mol. The molecule has 2 heterocycles. The van der Waals surface area contributed by atoms with Crippen LogP contribution in [0.2, 0.25) is 0 Å². The maximum Gasteiger partial charge on any atom is 0.218 e. The van der Waals surface area contributed by atoms with Crippen LogP contribution in [-0.4, -0.2) is 123 Å². The molecule has 2 aliphatic heterocycles. The molecule has 0 aliphatic carbocycles. The normalized spacial score (nSPS) is 46.4. The zero-order chi connectivity index (χ0) is 20.5. The molecule has 0 bridgehead atoms. The van der Waals surface area contributed by atoms with Gasteiger partial charge < -0.3 is 54.5 Å². The average molecular weight is 421 g/mol. The van der Waals surface area contributed by atoms with Gasteiger partial charge in [0.15, 0.2) is 18.7 Å². The van der Waals surface area contributed by atoms with Gasteiger partial charge in [0.1, 0.15) is 42.7 Å². The Labute approximate surface area is 153 Å². The van der Waals surface area contributed by atoms with E-state index in [4.69, 9.17) is 19.3 Å². The van der Waals surface area contributed by atoms with Gasteiger partial charge in [-0.3, -0.25) is 4.18 Å². The Morgan fingerprint density at radius 2 is 1.26 bits per heavy atom. The van der Waals surface area contributed by atoms with Crippen LogP contribution >= 0.6 is 0 Å². The highest BCUT2D eigenvalue weighted by molar-refractivity contribution is 7.80. The first kappa shape index (κ1) is 22.8. The van der Waals surface area contributed by atoms with Gasteiger partial charge in [-0.2, -0.15) is 0 Å². The SMILES string of the molecule is O=S(=O)([O-])O[C@H]1[C@@H](O[C@H]2O[C@H](CO)[C@@H](O)[C@H](O)[C@H]2O)O[C@H](CO)[C@@H](O)[C@@H]1O. The van der Waals surface area contributed by atoms with Crippen LogP contribution in [0.4, 0.5) is 0 Å². The third kappa shape index (κ3) is 5.10. The van der Waals surface area contributed by atoms with Crippen molar-refractivity contribution in [3.63, 3.8) is 0 Å². The Balaban J connectivity index is 2.23. The van der Waals surface area contributed by atoms with Gasteiger partial charge in [-0.25, -0.2) is 8.42 Å². The predicted octanol–water partition coefficient (Wildman–Crippen LogP) is -5.91. The zero-order valence-corrected chi connectivity index (χ0v) is 14.4. The highest BCUT2D eigenvalue weighted by Crippen LogP contribution is 2.29. The lowest BCUT2D eigenvalue weighted by molar-refractivity contribution is -0.374. The molecule has 2 rings (SSSR count). The van der Waals surface area contributed by atoms with Gasteiger partial charge in [-0.15, -0.1) is 0 Å². The summed E-state index contributed by atoms with van der Waals surface area (Å²) in [5.41, 5.74) is 0. The lowest BCUT2D eigenvalue weighted by Crippen LogP contribution is -2.64. The Morgan fingerprint density at radius 1 is 0.778 bits per heavy atom. The number of rotatable bonds is 6. The number of hydrogen-bond acceptors (Lipinski definition) is 14. The molecule has 2 saturated heterocycles. The molecule has 0 aromatic rings. The first-order chi connectivity index (χ1) is 12.5. The topological polar surface area (TPSA) is 236 Å². The highest BCUT2D eigenvalue weighted by atomic mass is 32.3. The molecule has 0 saturated carbocycles. The van der Waals surface area contributed by atoms with Crippen molar-refractivity contribution >= 4 is 10.4 Å². The summed E-state index contributed by atoms with van der Waals surface area (Å²) in [4.78, 5) is 0. The summed E-state index contributed by atoms with van der Waals surface area (Å²) in [5, 5.41) is 67.4. The van der Waals surface area contributed by atoms with Crippen LogP contribution in [0.25, 0.3) is 0 Å². The summed E-state index contributed by atoms with van der Waals surface area (Å²) in [5.74, 6) is 0. The molecular weight excluding hydrogens is 400 g/mol. The fourth-order valence-electron chi connectivity index (χ4n) is 2.72. The van der Waals surface area contributed by atoms with Crippen LogP contribution in [0, 0.1) is 0 Å². The highest BCUT2D eigenvalue weighted by Gasteiger charge is 2.51. The Morgan fingerprint density at radius 3 is 1.74 bits per heavy atom. The Kier molecular flexibility index (Phi) is 7.47. The van der Waals surface area contributed by atoms with Crippen LogP contribution in [0.3, 0.4) is 0 Å². The molecule has 27 heavy (non-hydrogen) atoms. The largest absolute Gasteiger partial charge is 0.726 e. The molecule has 160 valence electrons. The molecular formula is C12H21O14S-. The van der Waals surface area contributed by atoms with Crippen LogP contribution < -0.4 is 0 Å². The second-order valence-corrected chi connectivity index (χ2v) is 7.02. The second kappa shape index (κ2) is 8.87. The van der Waals surface area contributed by atoms with Crippen molar-refractivity contribution in [2.24, 2.45) is 0 Å². The lowest BCUT2D eigenvalue weighted by Gasteiger charge is -2.45. The standard InChI is InChI=1S/C12H22O14S/c13-1-3-5(15)7(17)9(19)11(23-3)25-12-10(26-27(20,21)22)8(18)6(16)4(2-14)24-12/h3-19H,1-2H2,(H,20,21,22)/p-1/t3-,4-,5-,6-,7+,8+,9-,10-,11-,12-/m1/s1. The van der Waals surface area contributed by atoms with Gasteiger partial charge in [-0.1, -0.05) is 0 Å². The van der Waals surface area contributed by atoms with Gasteiger partial charge in [-0.05, 0) is 0 Å². The van der Waals surface area contributed by atoms with Gasteiger partial charge in [0.25, 0.3) is 0 Å². The van der Waals surface area contributed by atoms with E-state index in [1.165, 1.54) is 0 Å². The second-order valence-electron chi connectivity index (χ2n) is 6.01. The maximum absolute atomic E-state index is 10.9. The first-order valence-corrected chi connectivity index (χ1v) is 9.06. The molecule has 2 aliphatic rings. The summed E-state index contributed by atoms with van der Waals surface area (Å²) < 4.78 is 52.0. The molecule has 2 fully saturated rings. The quantitative estimate of drug-likeness (QED) is 0.156. The van der Waals surface area contributed by atoms with E-state index < -0.39 is 85.0 Å². The van der Waals surface area contributed by atoms with Gasteiger partial charge in [0.2, 0.25) is 10.4 Å². The minimum absolute atomic E-state index is 0.786. The molecule has 0 aromatic heterocycles. The average Bonchev–Trinajstić information content (AvgIpc) is 2.60. The van der Waals surface area contributed by atoms with Crippen molar-refractivity contribution < 1.29 is 67.1 Å². The molecule has 0 aromatic carbocycles. The minimum atomic E-state index is -5.40. The number of aliphatic hydroxyl groups excluding tert-OH is 7. The molecule has 0 spiro atoms. The van der Waals surface area contributed by atoms with Crippen molar-refractivity contribution in [1.29, 1.82) is 0 Å². The van der Waals surface area contributed by atoms with E-state index in [9.17, 15) is 43.6 Å². The van der Waals surface area contributed by atoms with Crippen molar-refractivity contribution in [2.45, 2.75) is 61.4 Å².